The molecule has 3 nitrogen and oxygen atoms in total. The number of hydrogen-bond acceptors (Lipinski definition) is 1. The molecule has 3 unspecified atom stereocenters. The van der Waals surface area contributed by atoms with E-state index in [2.05, 4.69) is 11.9 Å². The molecule has 1 saturated carbocycles. The van der Waals surface area contributed by atoms with Crippen molar-refractivity contribution in [1.29, 1.82) is 0 Å². The van der Waals surface area contributed by atoms with Crippen LogP contribution in [0, 0.1) is 5.82 Å². The maximum absolute atomic E-state index is 13.8. The Bertz CT molecular complexity index is 786. The third kappa shape index (κ3) is 2.98. The Morgan fingerprint density at radius 1 is 1.48 bits per heavy atom. The fraction of sp³-hybridized carbons (Fsp3) is 0.353. The zero-order valence-electron chi connectivity index (χ0n) is 12.7. The van der Waals surface area contributed by atoms with E-state index in [1.54, 1.807) is 23.9 Å². The minimum Gasteiger partial charge on any atom is -0.350 e. The Kier molecular flexibility index (Phi) is 4.15. The summed E-state index contributed by atoms with van der Waals surface area (Å²) in [4.78, 5) is 12.5. The molecule has 3 atom stereocenters. The second-order valence-electron chi connectivity index (χ2n) is 5.98. The lowest BCUT2D eigenvalue weighted by molar-refractivity contribution is 0.0925. The summed E-state index contributed by atoms with van der Waals surface area (Å²) in [5.41, 5.74) is 1.56. The van der Waals surface area contributed by atoms with E-state index in [-0.39, 0.29) is 12.3 Å². The highest BCUT2D eigenvalue weighted by atomic mass is 35.5. The minimum atomic E-state index is -1.17. The van der Waals surface area contributed by atoms with E-state index in [1.807, 2.05) is 0 Å². The van der Waals surface area contributed by atoms with Gasteiger partial charge in [0.2, 0.25) is 0 Å². The van der Waals surface area contributed by atoms with Crippen molar-refractivity contribution in [3.05, 3.63) is 47.9 Å². The van der Waals surface area contributed by atoms with Crippen molar-refractivity contribution >= 4 is 28.4 Å². The minimum absolute atomic E-state index is 0.109. The van der Waals surface area contributed by atoms with Crippen LogP contribution in [0.15, 0.2) is 36.5 Å². The number of carbonyl (C=O) groups is 1. The smallest absolute Gasteiger partial charge is 0.253 e. The van der Waals surface area contributed by atoms with Gasteiger partial charge in [-0.2, -0.15) is 0 Å². The third-order valence-electron chi connectivity index (χ3n) is 4.31. The van der Waals surface area contributed by atoms with E-state index in [9.17, 15) is 13.6 Å². The van der Waals surface area contributed by atoms with Crippen molar-refractivity contribution in [2.24, 2.45) is 7.05 Å². The lowest BCUT2D eigenvalue weighted by atomic mass is 9.89. The molecule has 6 heteroatoms. The van der Waals surface area contributed by atoms with Gasteiger partial charge in [-0.1, -0.05) is 6.58 Å². The van der Waals surface area contributed by atoms with Crippen LogP contribution in [0.25, 0.3) is 10.9 Å². The summed E-state index contributed by atoms with van der Waals surface area (Å²) < 4.78 is 29.0. The maximum atomic E-state index is 13.8. The number of alkyl halides is 2. The zero-order valence-corrected chi connectivity index (χ0v) is 13.4. The van der Waals surface area contributed by atoms with Gasteiger partial charge in [-0.05, 0) is 30.2 Å². The summed E-state index contributed by atoms with van der Waals surface area (Å²) in [6.45, 7) is 3.65. The molecule has 1 heterocycles. The van der Waals surface area contributed by atoms with Crippen LogP contribution >= 0.6 is 11.6 Å². The fourth-order valence-corrected chi connectivity index (χ4v) is 3.36. The van der Waals surface area contributed by atoms with Gasteiger partial charge in [0.05, 0.1) is 10.9 Å². The van der Waals surface area contributed by atoms with E-state index < -0.39 is 23.4 Å². The lowest BCUT2D eigenvalue weighted by Gasteiger charge is -2.31. The number of nitrogens with one attached hydrogen (secondary N) is 1. The van der Waals surface area contributed by atoms with Gasteiger partial charge in [0.25, 0.3) is 5.91 Å². The van der Waals surface area contributed by atoms with Crippen LogP contribution in [0.2, 0.25) is 0 Å². The molecule has 0 radical (unpaired) electrons. The lowest BCUT2D eigenvalue weighted by Crippen LogP contribution is -2.46. The third-order valence-corrected chi connectivity index (χ3v) is 4.77. The number of nitrogens with zero attached hydrogens (tertiary/aromatic N) is 1. The Hall–Kier alpha value is -1.88. The number of hydrogen-bond donors (Lipinski definition) is 1. The molecule has 1 aliphatic carbocycles. The van der Waals surface area contributed by atoms with Gasteiger partial charge < -0.3 is 9.88 Å². The summed E-state index contributed by atoms with van der Waals surface area (Å²) >= 11 is 6.22. The molecular weight excluding hydrogens is 322 g/mol. The molecule has 122 valence electrons. The first-order chi connectivity index (χ1) is 10.9. The van der Waals surface area contributed by atoms with E-state index in [0.717, 1.165) is 5.52 Å². The van der Waals surface area contributed by atoms with E-state index in [1.165, 1.54) is 12.1 Å². The number of aryl methyl sites for hydroxylation is 1. The van der Waals surface area contributed by atoms with Gasteiger partial charge >= 0.3 is 0 Å². The van der Waals surface area contributed by atoms with Crippen LogP contribution in [-0.4, -0.2) is 28.1 Å². The number of allylic oxidation sites excluding steroid dienone is 1. The number of amides is 1. The molecule has 0 aliphatic heterocycles. The van der Waals surface area contributed by atoms with Gasteiger partial charge in [0.1, 0.15) is 12.0 Å². The summed E-state index contributed by atoms with van der Waals surface area (Å²) in [7, 11) is 1.78. The second-order valence-corrected chi connectivity index (χ2v) is 6.54. The van der Waals surface area contributed by atoms with Gasteiger partial charge in [0.15, 0.2) is 0 Å². The van der Waals surface area contributed by atoms with Crippen molar-refractivity contribution in [2.45, 2.75) is 30.4 Å². The van der Waals surface area contributed by atoms with Crippen LogP contribution in [-0.2, 0) is 7.05 Å². The number of halogens is 3. The molecule has 1 fully saturated rings. The van der Waals surface area contributed by atoms with Gasteiger partial charge in [0, 0.05) is 36.6 Å². The number of aromatic nitrogens is 1. The summed E-state index contributed by atoms with van der Waals surface area (Å²) in [5, 5.41) is 2.90. The van der Waals surface area contributed by atoms with Gasteiger partial charge in [-0.25, -0.2) is 8.78 Å². The first-order valence-electron chi connectivity index (χ1n) is 7.38. The summed E-state index contributed by atoms with van der Waals surface area (Å²) in [6, 6.07) is 3.81. The van der Waals surface area contributed by atoms with Crippen LogP contribution in [0.1, 0.15) is 23.2 Å². The number of fused-ring (bicyclic) bond motifs is 1. The van der Waals surface area contributed by atoms with E-state index in [4.69, 9.17) is 11.6 Å². The first kappa shape index (κ1) is 16.0. The average Bonchev–Trinajstić information content (AvgIpc) is 2.81. The zero-order chi connectivity index (χ0) is 16.7. The highest BCUT2D eigenvalue weighted by Gasteiger charge is 2.33. The van der Waals surface area contributed by atoms with Crippen molar-refractivity contribution in [2.75, 3.05) is 0 Å². The maximum Gasteiger partial charge on any atom is 0.253 e. The molecule has 2 aromatic rings. The normalized spacial score (nSPS) is 24.9. The van der Waals surface area contributed by atoms with E-state index in [0.29, 0.717) is 22.9 Å². The van der Waals surface area contributed by atoms with Crippen molar-refractivity contribution in [3.63, 3.8) is 0 Å². The highest BCUT2D eigenvalue weighted by molar-refractivity contribution is 6.21. The molecule has 0 saturated heterocycles. The molecule has 0 bridgehead atoms. The summed E-state index contributed by atoms with van der Waals surface area (Å²) in [5.74, 6) is -0.790. The SMILES string of the molecule is C=C1CC(Cl)C(NC(=O)c2cn(C)c3ccc(F)cc23)CC1F. The van der Waals surface area contributed by atoms with Crippen molar-refractivity contribution < 1.29 is 13.6 Å². The van der Waals surface area contributed by atoms with Crippen LogP contribution in [0.3, 0.4) is 0 Å². The second kappa shape index (κ2) is 5.96. The quantitative estimate of drug-likeness (QED) is 0.657. The highest BCUT2D eigenvalue weighted by Crippen LogP contribution is 2.30. The Labute approximate surface area is 137 Å². The predicted molar refractivity (Wildman–Crippen MR) is 87.0 cm³/mol. The average molecular weight is 339 g/mol. The molecule has 0 spiro atoms. The Morgan fingerprint density at radius 3 is 2.96 bits per heavy atom. The molecular formula is C17H17ClF2N2O. The van der Waals surface area contributed by atoms with Crippen molar-refractivity contribution in [3.8, 4) is 0 Å². The molecule has 1 amide bonds. The van der Waals surface area contributed by atoms with Crippen molar-refractivity contribution in [1.82, 2.24) is 9.88 Å². The molecule has 1 aromatic carbocycles. The summed E-state index contributed by atoms with van der Waals surface area (Å²) in [6.07, 6.45) is 0.910. The van der Waals surface area contributed by atoms with Crippen LogP contribution < -0.4 is 5.32 Å². The predicted octanol–water partition coefficient (Wildman–Crippen LogP) is 3.71. The van der Waals surface area contributed by atoms with Gasteiger partial charge in [-0.3, -0.25) is 4.79 Å². The van der Waals surface area contributed by atoms with Crippen LogP contribution in [0.4, 0.5) is 8.78 Å². The Balaban J connectivity index is 1.86. The number of carbonyl (C=O) groups excluding carboxylic acids is 1. The standard InChI is InChI=1S/C17H17ClF2N2O/c1-9-5-13(18)15(7-14(9)20)21-17(23)12-8-22(2)16-4-3-10(19)6-11(12)16/h3-4,6,8,13-15H,1,5,7H2,2H3,(H,21,23). The number of rotatable bonds is 2. The molecule has 1 aromatic heterocycles. The topological polar surface area (TPSA) is 34.0 Å². The first-order valence-corrected chi connectivity index (χ1v) is 7.81. The molecule has 1 N–H and O–H groups in total. The monoisotopic (exact) mass is 338 g/mol. The Morgan fingerprint density at radius 2 is 2.22 bits per heavy atom. The fourth-order valence-electron chi connectivity index (χ4n) is 3.00. The molecule has 3 rings (SSSR count). The largest absolute Gasteiger partial charge is 0.350 e. The van der Waals surface area contributed by atoms with Crippen LogP contribution in [0.5, 0.6) is 0 Å². The molecule has 1 aliphatic rings. The molecule has 23 heavy (non-hydrogen) atoms. The van der Waals surface area contributed by atoms with E-state index >= 15 is 0 Å². The van der Waals surface area contributed by atoms with Gasteiger partial charge in [-0.15, -0.1) is 11.6 Å². The number of benzene rings is 1.